The summed E-state index contributed by atoms with van der Waals surface area (Å²) in [5.74, 6) is 0.800. The number of anilines is 3. The van der Waals surface area contributed by atoms with Crippen LogP contribution in [0.25, 0.3) is 10.2 Å². The number of ether oxygens (including phenoxy) is 1. The summed E-state index contributed by atoms with van der Waals surface area (Å²) in [6.45, 7) is 2.05. The molecule has 3 N–H and O–H groups in total. The molecule has 0 saturated heterocycles. The number of nitrogens with one attached hydrogen (secondary N) is 1. The van der Waals surface area contributed by atoms with Gasteiger partial charge in [-0.1, -0.05) is 17.4 Å². The molecule has 4 nitrogen and oxygen atoms in total. The number of hydrogen-bond donors (Lipinski definition) is 2. The van der Waals surface area contributed by atoms with Crippen LogP contribution in [0.1, 0.15) is 5.56 Å². The van der Waals surface area contributed by atoms with Crippen LogP contribution in [0.2, 0.25) is 0 Å². The number of hydrogen-bond acceptors (Lipinski definition) is 5. The van der Waals surface area contributed by atoms with Gasteiger partial charge in [-0.3, -0.25) is 0 Å². The van der Waals surface area contributed by atoms with Crippen LogP contribution in [0, 0.1) is 6.92 Å². The number of aromatic nitrogens is 1. The van der Waals surface area contributed by atoms with Crippen LogP contribution in [0.3, 0.4) is 0 Å². The standard InChI is InChI=1S/C15H15N3OS/c1-9-3-6-13(19-2)12(7-9)18-15-17-11-5-4-10(16)8-14(11)20-15/h3-8H,16H2,1-2H3,(H,17,18). The van der Waals surface area contributed by atoms with Crippen molar-refractivity contribution in [2.24, 2.45) is 0 Å². The summed E-state index contributed by atoms with van der Waals surface area (Å²) in [7, 11) is 1.66. The van der Waals surface area contributed by atoms with E-state index in [1.165, 1.54) is 5.56 Å². The molecule has 0 fully saturated rings. The highest BCUT2D eigenvalue weighted by molar-refractivity contribution is 7.22. The van der Waals surface area contributed by atoms with E-state index in [9.17, 15) is 0 Å². The van der Waals surface area contributed by atoms with E-state index in [1.54, 1.807) is 18.4 Å². The lowest BCUT2D eigenvalue weighted by Crippen LogP contribution is -1.94. The highest BCUT2D eigenvalue weighted by Gasteiger charge is 2.08. The fourth-order valence-corrected chi connectivity index (χ4v) is 2.96. The van der Waals surface area contributed by atoms with Gasteiger partial charge >= 0.3 is 0 Å². The Morgan fingerprint density at radius 2 is 2.05 bits per heavy atom. The first-order chi connectivity index (χ1) is 9.65. The van der Waals surface area contributed by atoms with E-state index in [0.717, 1.165) is 32.5 Å². The maximum Gasteiger partial charge on any atom is 0.188 e. The van der Waals surface area contributed by atoms with Crippen LogP contribution < -0.4 is 15.8 Å². The number of nitrogens with two attached hydrogens (primary N) is 1. The molecule has 0 aliphatic rings. The number of fused-ring (bicyclic) bond motifs is 1. The number of nitrogens with zero attached hydrogens (tertiary/aromatic N) is 1. The molecule has 5 heteroatoms. The molecule has 0 atom stereocenters. The Labute approximate surface area is 121 Å². The third-order valence-corrected chi connectivity index (χ3v) is 3.94. The molecule has 0 unspecified atom stereocenters. The number of aryl methyl sites for hydroxylation is 1. The second-order valence-corrected chi connectivity index (χ2v) is 5.61. The Kier molecular flexibility index (Phi) is 3.20. The van der Waals surface area contributed by atoms with Gasteiger partial charge in [0.25, 0.3) is 0 Å². The Morgan fingerprint density at radius 3 is 2.85 bits per heavy atom. The van der Waals surface area contributed by atoms with Gasteiger partial charge in [-0.25, -0.2) is 4.98 Å². The van der Waals surface area contributed by atoms with Crippen molar-refractivity contribution in [3.63, 3.8) is 0 Å². The normalized spacial score (nSPS) is 10.7. The Hall–Kier alpha value is -2.27. The molecule has 3 aromatic rings. The van der Waals surface area contributed by atoms with Crippen molar-refractivity contribution in [2.75, 3.05) is 18.2 Å². The van der Waals surface area contributed by atoms with E-state index in [1.807, 2.05) is 43.3 Å². The zero-order valence-electron chi connectivity index (χ0n) is 11.3. The van der Waals surface area contributed by atoms with Gasteiger partial charge in [-0.15, -0.1) is 0 Å². The zero-order chi connectivity index (χ0) is 14.1. The van der Waals surface area contributed by atoms with Gasteiger partial charge in [0.15, 0.2) is 5.13 Å². The Balaban J connectivity index is 1.98. The van der Waals surface area contributed by atoms with Gasteiger partial charge in [0, 0.05) is 5.69 Å². The van der Waals surface area contributed by atoms with E-state index in [2.05, 4.69) is 10.3 Å². The molecule has 1 aromatic heterocycles. The minimum absolute atomic E-state index is 0.751. The summed E-state index contributed by atoms with van der Waals surface area (Å²) >= 11 is 1.57. The number of nitrogen functional groups attached to an aromatic ring is 1. The van der Waals surface area contributed by atoms with Crippen LogP contribution in [0.4, 0.5) is 16.5 Å². The first-order valence-electron chi connectivity index (χ1n) is 6.23. The summed E-state index contributed by atoms with van der Waals surface area (Å²) < 4.78 is 6.43. The second-order valence-electron chi connectivity index (χ2n) is 4.57. The first-order valence-corrected chi connectivity index (χ1v) is 7.05. The SMILES string of the molecule is COc1ccc(C)cc1Nc1nc2ccc(N)cc2s1. The van der Waals surface area contributed by atoms with Crippen LogP contribution in [-0.4, -0.2) is 12.1 Å². The molecule has 0 spiro atoms. The minimum Gasteiger partial charge on any atom is -0.495 e. The first kappa shape index (κ1) is 12.7. The average molecular weight is 285 g/mol. The molecular weight excluding hydrogens is 270 g/mol. The largest absolute Gasteiger partial charge is 0.495 e. The average Bonchev–Trinajstić information content (AvgIpc) is 2.80. The van der Waals surface area contributed by atoms with Gasteiger partial charge in [0.05, 0.1) is 23.0 Å². The predicted molar refractivity (Wildman–Crippen MR) is 85.0 cm³/mol. The van der Waals surface area contributed by atoms with Crippen molar-refractivity contribution in [1.82, 2.24) is 4.98 Å². The van der Waals surface area contributed by atoms with Gasteiger partial charge in [-0.2, -0.15) is 0 Å². The van der Waals surface area contributed by atoms with Crippen LogP contribution >= 0.6 is 11.3 Å². The monoisotopic (exact) mass is 285 g/mol. The summed E-state index contributed by atoms with van der Waals surface area (Å²) in [5.41, 5.74) is 9.57. The van der Waals surface area contributed by atoms with Crippen molar-refractivity contribution in [2.45, 2.75) is 6.92 Å². The lowest BCUT2D eigenvalue weighted by Gasteiger charge is -2.09. The summed E-state index contributed by atoms with van der Waals surface area (Å²) in [5, 5.41) is 4.14. The molecule has 0 bridgehead atoms. The summed E-state index contributed by atoms with van der Waals surface area (Å²) in [6, 6.07) is 11.7. The lowest BCUT2D eigenvalue weighted by atomic mass is 10.2. The molecule has 0 radical (unpaired) electrons. The van der Waals surface area contributed by atoms with E-state index in [0.29, 0.717) is 0 Å². The molecule has 20 heavy (non-hydrogen) atoms. The van der Waals surface area contributed by atoms with Crippen molar-refractivity contribution in [3.05, 3.63) is 42.0 Å². The fourth-order valence-electron chi connectivity index (χ4n) is 2.03. The fraction of sp³-hybridized carbons (Fsp3) is 0.133. The van der Waals surface area contributed by atoms with Gasteiger partial charge in [-0.05, 0) is 42.8 Å². The highest BCUT2D eigenvalue weighted by atomic mass is 32.1. The zero-order valence-corrected chi connectivity index (χ0v) is 12.1. The molecule has 0 saturated carbocycles. The third kappa shape index (κ3) is 2.40. The van der Waals surface area contributed by atoms with Crippen molar-refractivity contribution in [1.29, 1.82) is 0 Å². The van der Waals surface area contributed by atoms with E-state index in [4.69, 9.17) is 10.5 Å². The van der Waals surface area contributed by atoms with Crippen LogP contribution in [-0.2, 0) is 0 Å². The van der Waals surface area contributed by atoms with Crippen molar-refractivity contribution >= 4 is 38.1 Å². The van der Waals surface area contributed by atoms with E-state index < -0.39 is 0 Å². The Morgan fingerprint density at radius 1 is 1.20 bits per heavy atom. The van der Waals surface area contributed by atoms with Gasteiger partial charge < -0.3 is 15.8 Å². The minimum atomic E-state index is 0.751. The molecule has 1 heterocycles. The molecule has 0 aliphatic carbocycles. The van der Waals surface area contributed by atoms with E-state index >= 15 is 0 Å². The second kappa shape index (κ2) is 5.02. The molecule has 0 aliphatic heterocycles. The molecule has 0 amide bonds. The quantitative estimate of drug-likeness (QED) is 0.716. The summed E-state index contributed by atoms with van der Waals surface area (Å²) in [6.07, 6.45) is 0. The summed E-state index contributed by atoms with van der Waals surface area (Å²) in [4.78, 5) is 4.55. The third-order valence-electron chi connectivity index (χ3n) is 3.01. The predicted octanol–water partition coefficient (Wildman–Crippen LogP) is 3.94. The molecule has 102 valence electrons. The van der Waals surface area contributed by atoms with Gasteiger partial charge in [0.2, 0.25) is 0 Å². The number of methoxy groups -OCH3 is 1. The van der Waals surface area contributed by atoms with Crippen LogP contribution in [0.15, 0.2) is 36.4 Å². The molecule has 3 rings (SSSR count). The van der Waals surface area contributed by atoms with Crippen molar-refractivity contribution < 1.29 is 4.74 Å². The Bertz CT molecular complexity index is 767. The number of rotatable bonds is 3. The van der Waals surface area contributed by atoms with Gasteiger partial charge in [0.1, 0.15) is 5.75 Å². The van der Waals surface area contributed by atoms with Crippen molar-refractivity contribution in [3.8, 4) is 5.75 Å². The highest BCUT2D eigenvalue weighted by Crippen LogP contribution is 2.33. The molecular formula is C15H15N3OS. The maximum absolute atomic E-state index is 5.79. The maximum atomic E-state index is 5.79. The van der Waals surface area contributed by atoms with Crippen LogP contribution in [0.5, 0.6) is 5.75 Å². The number of thiazole rings is 1. The lowest BCUT2D eigenvalue weighted by molar-refractivity contribution is 0.416. The number of benzene rings is 2. The smallest absolute Gasteiger partial charge is 0.188 e. The topological polar surface area (TPSA) is 60.2 Å². The molecule has 2 aromatic carbocycles. The van der Waals surface area contributed by atoms with E-state index in [-0.39, 0.29) is 0 Å².